The molecule has 0 aromatic heterocycles. The molecule has 3 N–H and O–H groups in total. The Morgan fingerprint density at radius 2 is 1.89 bits per heavy atom. The molecule has 1 fully saturated rings. The minimum atomic E-state index is -3.66. The normalized spacial score (nSPS) is 24.4. The van der Waals surface area contributed by atoms with E-state index in [0.29, 0.717) is 5.56 Å². The lowest BCUT2D eigenvalue weighted by molar-refractivity contribution is 0.373. The van der Waals surface area contributed by atoms with E-state index in [-0.39, 0.29) is 17.0 Å². The van der Waals surface area contributed by atoms with Gasteiger partial charge in [-0.1, -0.05) is 6.07 Å². The van der Waals surface area contributed by atoms with E-state index >= 15 is 0 Å². The van der Waals surface area contributed by atoms with Crippen molar-refractivity contribution in [2.75, 3.05) is 0 Å². The summed E-state index contributed by atoms with van der Waals surface area (Å²) in [6, 6.07) is 3.85. The van der Waals surface area contributed by atoms with Crippen molar-refractivity contribution in [3.63, 3.8) is 0 Å². The number of aryl methyl sites for hydroxylation is 1. The van der Waals surface area contributed by atoms with Crippen LogP contribution in [0.3, 0.4) is 0 Å². The maximum atomic E-state index is 13.2. The van der Waals surface area contributed by atoms with Gasteiger partial charge in [-0.15, -0.1) is 0 Å². The molecule has 0 spiro atoms. The molecule has 0 saturated heterocycles. The third kappa shape index (κ3) is 3.52. The van der Waals surface area contributed by atoms with Crippen molar-refractivity contribution in [3.8, 4) is 0 Å². The second-order valence-electron chi connectivity index (χ2n) is 5.14. The summed E-state index contributed by atoms with van der Waals surface area (Å²) < 4.78 is 40.3. The summed E-state index contributed by atoms with van der Waals surface area (Å²) in [5.41, 5.74) is 6.33. The van der Waals surface area contributed by atoms with Crippen LogP contribution in [0.5, 0.6) is 0 Å². The molecule has 1 aliphatic carbocycles. The van der Waals surface area contributed by atoms with Gasteiger partial charge >= 0.3 is 0 Å². The predicted octanol–water partition coefficient (Wildman–Crippen LogP) is 1.68. The number of hydrogen-bond donors (Lipinski definition) is 2. The van der Waals surface area contributed by atoms with Gasteiger partial charge in [0.2, 0.25) is 10.0 Å². The molecule has 1 aromatic rings. The second kappa shape index (κ2) is 5.56. The maximum absolute atomic E-state index is 13.2. The van der Waals surface area contributed by atoms with Crippen LogP contribution >= 0.6 is 0 Å². The Labute approximate surface area is 113 Å². The first-order valence-electron chi connectivity index (χ1n) is 6.42. The minimum Gasteiger partial charge on any atom is -0.328 e. The standard InChI is InChI=1S/C13H19FN2O2S/c1-9-2-3-10(14)8-13(9)19(17,18)16-12-6-4-11(15)5-7-12/h2-3,8,11-12,16H,4-7,15H2,1H3. The second-order valence-corrected chi connectivity index (χ2v) is 6.83. The molecule has 0 heterocycles. The zero-order chi connectivity index (χ0) is 14.0. The van der Waals surface area contributed by atoms with Crippen LogP contribution in [0, 0.1) is 12.7 Å². The Morgan fingerprint density at radius 3 is 2.53 bits per heavy atom. The lowest BCUT2D eigenvalue weighted by Gasteiger charge is -2.26. The first-order chi connectivity index (χ1) is 8.88. The molecule has 1 aliphatic rings. The molecular weight excluding hydrogens is 267 g/mol. The highest BCUT2D eigenvalue weighted by Gasteiger charge is 2.25. The Bertz CT molecular complexity index is 552. The molecule has 1 saturated carbocycles. The summed E-state index contributed by atoms with van der Waals surface area (Å²) in [4.78, 5) is 0.0161. The zero-order valence-electron chi connectivity index (χ0n) is 10.9. The quantitative estimate of drug-likeness (QED) is 0.888. The van der Waals surface area contributed by atoms with Crippen LogP contribution in [-0.2, 0) is 10.0 Å². The van der Waals surface area contributed by atoms with Gasteiger partial charge in [-0.05, 0) is 50.3 Å². The fourth-order valence-corrected chi connectivity index (χ4v) is 3.94. The molecule has 0 unspecified atom stereocenters. The third-order valence-corrected chi connectivity index (χ3v) is 5.20. The van der Waals surface area contributed by atoms with E-state index in [1.165, 1.54) is 12.1 Å². The Kier molecular flexibility index (Phi) is 4.23. The Hall–Kier alpha value is -0.980. The van der Waals surface area contributed by atoms with Crippen molar-refractivity contribution in [2.45, 2.75) is 49.6 Å². The summed E-state index contributed by atoms with van der Waals surface area (Å²) in [6.07, 6.45) is 3.09. The van der Waals surface area contributed by atoms with Crippen molar-refractivity contribution >= 4 is 10.0 Å². The first-order valence-corrected chi connectivity index (χ1v) is 7.91. The molecular formula is C13H19FN2O2S. The highest BCUT2D eigenvalue weighted by Crippen LogP contribution is 2.21. The van der Waals surface area contributed by atoms with Gasteiger partial charge in [0.15, 0.2) is 0 Å². The first kappa shape index (κ1) is 14.4. The van der Waals surface area contributed by atoms with Crippen LogP contribution in [0.2, 0.25) is 0 Å². The largest absolute Gasteiger partial charge is 0.328 e. The van der Waals surface area contributed by atoms with Crippen LogP contribution in [-0.4, -0.2) is 20.5 Å². The van der Waals surface area contributed by atoms with E-state index in [1.54, 1.807) is 6.92 Å². The molecule has 106 valence electrons. The average Bonchev–Trinajstić information content (AvgIpc) is 2.35. The lowest BCUT2D eigenvalue weighted by Crippen LogP contribution is -2.40. The summed E-state index contributed by atoms with van der Waals surface area (Å²) in [6.45, 7) is 1.66. The van der Waals surface area contributed by atoms with Crippen LogP contribution in [0.15, 0.2) is 23.1 Å². The van der Waals surface area contributed by atoms with Crippen molar-refractivity contribution in [2.24, 2.45) is 5.73 Å². The van der Waals surface area contributed by atoms with Gasteiger partial charge in [0, 0.05) is 12.1 Å². The van der Waals surface area contributed by atoms with Crippen LogP contribution in [0.1, 0.15) is 31.2 Å². The fraction of sp³-hybridized carbons (Fsp3) is 0.538. The molecule has 6 heteroatoms. The van der Waals surface area contributed by atoms with Gasteiger partial charge in [-0.2, -0.15) is 0 Å². The summed E-state index contributed by atoms with van der Waals surface area (Å²) >= 11 is 0. The molecule has 2 rings (SSSR count). The highest BCUT2D eigenvalue weighted by molar-refractivity contribution is 7.89. The number of rotatable bonds is 3. The number of nitrogens with two attached hydrogens (primary N) is 1. The van der Waals surface area contributed by atoms with Gasteiger partial charge in [0.05, 0.1) is 4.90 Å². The third-order valence-electron chi connectivity index (χ3n) is 3.53. The highest BCUT2D eigenvalue weighted by atomic mass is 32.2. The number of sulfonamides is 1. The molecule has 19 heavy (non-hydrogen) atoms. The zero-order valence-corrected chi connectivity index (χ0v) is 11.7. The summed E-state index contributed by atoms with van der Waals surface area (Å²) in [5, 5.41) is 0. The average molecular weight is 286 g/mol. The van der Waals surface area contributed by atoms with Gasteiger partial charge in [0.1, 0.15) is 5.82 Å². The van der Waals surface area contributed by atoms with Gasteiger partial charge < -0.3 is 5.73 Å². The lowest BCUT2D eigenvalue weighted by atomic mass is 9.93. The van der Waals surface area contributed by atoms with E-state index in [2.05, 4.69) is 4.72 Å². The molecule has 1 aromatic carbocycles. The van der Waals surface area contributed by atoms with E-state index in [9.17, 15) is 12.8 Å². The number of halogens is 1. The molecule has 0 aliphatic heterocycles. The van der Waals surface area contributed by atoms with Crippen LogP contribution < -0.4 is 10.5 Å². The van der Waals surface area contributed by atoms with Crippen molar-refractivity contribution in [3.05, 3.63) is 29.6 Å². The van der Waals surface area contributed by atoms with Crippen molar-refractivity contribution in [1.29, 1.82) is 0 Å². The topological polar surface area (TPSA) is 72.2 Å². The van der Waals surface area contributed by atoms with E-state index < -0.39 is 15.8 Å². The molecule has 0 radical (unpaired) electrons. The van der Waals surface area contributed by atoms with E-state index in [0.717, 1.165) is 31.7 Å². The predicted molar refractivity (Wildman–Crippen MR) is 71.7 cm³/mol. The molecule has 0 amide bonds. The summed E-state index contributed by atoms with van der Waals surface area (Å²) in [7, 11) is -3.66. The SMILES string of the molecule is Cc1ccc(F)cc1S(=O)(=O)NC1CCC(N)CC1. The molecule has 0 bridgehead atoms. The van der Waals surface area contributed by atoms with Gasteiger partial charge in [-0.3, -0.25) is 0 Å². The van der Waals surface area contributed by atoms with Gasteiger partial charge in [-0.25, -0.2) is 17.5 Å². The minimum absolute atomic E-state index is 0.0161. The smallest absolute Gasteiger partial charge is 0.241 e. The van der Waals surface area contributed by atoms with Gasteiger partial charge in [0.25, 0.3) is 0 Å². The molecule has 4 nitrogen and oxygen atoms in total. The van der Waals surface area contributed by atoms with Crippen molar-refractivity contribution in [1.82, 2.24) is 4.72 Å². The fourth-order valence-electron chi connectivity index (χ4n) is 2.38. The van der Waals surface area contributed by atoms with E-state index in [4.69, 9.17) is 5.73 Å². The van der Waals surface area contributed by atoms with Crippen LogP contribution in [0.25, 0.3) is 0 Å². The van der Waals surface area contributed by atoms with E-state index in [1.807, 2.05) is 0 Å². The summed E-state index contributed by atoms with van der Waals surface area (Å²) in [5.74, 6) is -0.545. The Balaban J connectivity index is 2.16. The number of nitrogens with one attached hydrogen (secondary N) is 1. The maximum Gasteiger partial charge on any atom is 0.241 e. The monoisotopic (exact) mass is 286 g/mol. The number of benzene rings is 1. The number of hydrogen-bond acceptors (Lipinski definition) is 3. The molecule has 0 atom stereocenters. The van der Waals surface area contributed by atoms with Crippen molar-refractivity contribution < 1.29 is 12.8 Å². The Morgan fingerprint density at radius 1 is 1.26 bits per heavy atom. The van der Waals surface area contributed by atoms with Crippen LogP contribution in [0.4, 0.5) is 4.39 Å².